The SMILES string of the molecule is CC(C)S(=O)(=O)c1ccc(CCCC#N)cc1. The number of rotatable bonds is 5. The minimum absolute atomic E-state index is 0.372. The highest BCUT2D eigenvalue weighted by molar-refractivity contribution is 7.92. The zero-order valence-electron chi connectivity index (χ0n) is 10.2. The summed E-state index contributed by atoms with van der Waals surface area (Å²) in [6, 6.07) is 9.04. The van der Waals surface area contributed by atoms with Gasteiger partial charge in [0, 0.05) is 6.42 Å². The normalized spacial score (nSPS) is 11.4. The minimum atomic E-state index is -3.17. The van der Waals surface area contributed by atoms with Crippen LogP contribution in [0.5, 0.6) is 0 Å². The largest absolute Gasteiger partial charge is 0.223 e. The molecule has 0 atom stereocenters. The Hall–Kier alpha value is -1.34. The van der Waals surface area contributed by atoms with Crippen LogP contribution >= 0.6 is 0 Å². The zero-order chi connectivity index (χ0) is 12.9. The first-order valence-corrected chi connectivity index (χ1v) is 7.23. The maximum absolute atomic E-state index is 11.9. The quantitative estimate of drug-likeness (QED) is 0.756. The van der Waals surface area contributed by atoms with Gasteiger partial charge in [0.25, 0.3) is 0 Å². The van der Waals surface area contributed by atoms with E-state index in [4.69, 9.17) is 5.26 Å². The zero-order valence-corrected chi connectivity index (χ0v) is 11.0. The molecule has 0 N–H and O–H groups in total. The number of aryl methyl sites for hydroxylation is 1. The average Bonchev–Trinajstić information content (AvgIpc) is 2.30. The first-order chi connectivity index (χ1) is 7.98. The number of hydrogen-bond acceptors (Lipinski definition) is 3. The fourth-order valence-corrected chi connectivity index (χ4v) is 2.55. The van der Waals surface area contributed by atoms with Gasteiger partial charge in [0.15, 0.2) is 9.84 Å². The Balaban J connectivity index is 2.79. The van der Waals surface area contributed by atoms with Gasteiger partial charge in [0.05, 0.1) is 16.2 Å². The number of nitriles is 1. The molecular weight excluding hydrogens is 234 g/mol. The van der Waals surface area contributed by atoms with E-state index < -0.39 is 15.1 Å². The van der Waals surface area contributed by atoms with Crippen LogP contribution < -0.4 is 0 Å². The van der Waals surface area contributed by atoms with E-state index in [1.54, 1.807) is 26.0 Å². The lowest BCUT2D eigenvalue weighted by Crippen LogP contribution is -2.13. The van der Waals surface area contributed by atoms with Gasteiger partial charge in [-0.2, -0.15) is 5.26 Å². The maximum Gasteiger partial charge on any atom is 0.180 e. The van der Waals surface area contributed by atoms with Crippen LogP contribution in [0.15, 0.2) is 29.2 Å². The minimum Gasteiger partial charge on any atom is -0.223 e. The summed E-state index contributed by atoms with van der Waals surface area (Å²) in [6.45, 7) is 3.35. The lowest BCUT2D eigenvalue weighted by Gasteiger charge is -2.08. The Morgan fingerprint density at radius 3 is 2.29 bits per heavy atom. The highest BCUT2D eigenvalue weighted by Crippen LogP contribution is 2.17. The molecule has 0 bridgehead atoms. The van der Waals surface area contributed by atoms with Crippen LogP contribution in [0, 0.1) is 11.3 Å². The third-order valence-electron chi connectivity index (χ3n) is 2.63. The van der Waals surface area contributed by atoms with Crippen LogP contribution in [0.4, 0.5) is 0 Å². The third kappa shape index (κ3) is 3.57. The van der Waals surface area contributed by atoms with Crippen LogP contribution in [-0.4, -0.2) is 13.7 Å². The summed E-state index contributed by atoms with van der Waals surface area (Å²) < 4.78 is 23.7. The van der Waals surface area contributed by atoms with Crippen LogP contribution in [-0.2, 0) is 16.3 Å². The number of unbranched alkanes of at least 4 members (excludes halogenated alkanes) is 1. The van der Waals surface area contributed by atoms with Crippen molar-refractivity contribution in [3.05, 3.63) is 29.8 Å². The van der Waals surface area contributed by atoms with Crippen molar-refractivity contribution in [1.29, 1.82) is 5.26 Å². The molecule has 0 aliphatic heterocycles. The molecule has 92 valence electrons. The molecule has 1 aromatic rings. The first-order valence-electron chi connectivity index (χ1n) is 5.68. The molecule has 0 heterocycles. The monoisotopic (exact) mass is 251 g/mol. The second-order valence-corrected chi connectivity index (χ2v) is 6.75. The summed E-state index contributed by atoms with van der Waals surface area (Å²) in [4.78, 5) is 0.372. The standard InChI is InChI=1S/C13H17NO2S/c1-11(2)17(15,16)13-8-6-12(7-9-13)5-3-4-10-14/h6-9,11H,3-5H2,1-2H3. The van der Waals surface area contributed by atoms with Crippen LogP contribution in [0.2, 0.25) is 0 Å². The molecule has 0 aromatic heterocycles. The van der Waals surface area contributed by atoms with Crippen LogP contribution in [0.25, 0.3) is 0 Å². The smallest absolute Gasteiger partial charge is 0.180 e. The van der Waals surface area contributed by atoms with E-state index in [0.717, 1.165) is 18.4 Å². The van der Waals surface area contributed by atoms with E-state index in [0.29, 0.717) is 11.3 Å². The predicted octanol–water partition coefficient (Wildman–Crippen LogP) is 2.71. The Morgan fingerprint density at radius 2 is 1.82 bits per heavy atom. The van der Waals surface area contributed by atoms with Crippen molar-refractivity contribution < 1.29 is 8.42 Å². The lowest BCUT2D eigenvalue weighted by molar-refractivity contribution is 0.587. The van der Waals surface area contributed by atoms with Gasteiger partial charge in [-0.15, -0.1) is 0 Å². The fraction of sp³-hybridized carbons (Fsp3) is 0.462. The van der Waals surface area contributed by atoms with E-state index in [-0.39, 0.29) is 0 Å². The summed E-state index contributed by atoms with van der Waals surface area (Å²) in [5, 5.41) is 8.03. The molecule has 0 aliphatic rings. The van der Waals surface area contributed by atoms with Crippen molar-refractivity contribution in [1.82, 2.24) is 0 Å². The molecule has 0 saturated heterocycles. The summed E-state index contributed by atoms with van der Waals surface area (Å²) in [5.41, 5.74) is 1.07. The second-order valence-electron chi connectivity index (χ2n) is 4.25. The van der Waals surface area contributed by atoms with Crippen molar-refractivity contribution >= 4 is 9.84 Å². The van der Waals surface area contributed by atoms with Crippen molar-refractivity contribution in [3.8, 4) is 6.07 Å². The van der Waals surface area contributed by atoms with Crippen molar-refractivity contribution in [2.45, 2.75) is 43.3 Å². The van der Waals surface area contributed by atoms with Gasteiger partial charge in [-0.25, -0.2) is 8.42 Å². The molecule has 1 aromatic carbocycles. The highest BCUT2D eigenvalue weighted by atomic mass is 32.2. The highest BCUT2D eigenvalue weighted by Gasteiger charge is 2.18. The molecule has 0 fully saturated rings. The molecule has 0 amide bonds. The molecule has 1 rings (SSSR count). The Kier molecular flexibility index (Phi) is 4.71. The fourth-order valence-electron chi connectivity index (χ4n) is 1.49. The van der Waals surface area contributed by atoms with Gasteiger partial charge in [-0.05, 0) is 44.4 Å². The molecule has 0 unspecified atom stereocenters. The number of sulfone groups is 1. The summed E-state index contributed by atoms with van der Waals surface area (Å²) in [6.07, 6.45) is 2.16. The van der Waals surface area contributed by atoms with Gasteiger partial charge in [0.2, 0.25) is 0 Å². The van der Waals surface area contributed by atoms with Crippen LogP contribution in [0.1, 0.15) is 32.3 Å². The second kappa shape index (κ2) is 5.83. The average molecular weight is 251 g/mol. The molecule has 0 spiro atoms. The van der Waals surface area contributed by atoms with Gasteiger partial charge < -0.3 is 0 Å². The molecule has 0 aliphatic carbocycles. The van der Waals surface area contributed by atoms with E-state index in [2.05, 4.69) is 6.07 Å². The molecule has 3 nitrogen and oxygen atoms in total. The predicted molar refractivity (Wildman–Crippen MR) is 67.3 cm³/mol. The van der Waals surface area contributed by atoms with E-state index >= 15 is 0 Å². The van der Waals surface area contributed by atoms with E-state index in [9.17, 15) is 8.42 Å². The number of benzene rings is 1. The summed E-state index contributed by atoms with van der Waals surface area (Å²) in [5.74, 6) is 0. The maximum atomic E-state index is 11.9. The van der Waals surface area contributed by atoms with E-state index in [1.165, 1.54) is 0 Å². The van der Waals surface area contributed by atoms with Gasteiger partial charge >= 0.3 is 0 Å². The van der Waals surface area contributed by atoms with Crippen molar-refractivity contribution in [2.24, 2.45) is 0 Å². The van der Waals surface area contributed by atoms with Crippen molar-refractivity contribution in [3.63, 3.8) is 0 Å². The Labute approximate surface area is 103 Å². The molecular formula is C13H17NO2S. The van der Waals surface area contributed by atoms with Crippen molar-refractivity contribution in [2.75, 3.05) is 0 Å². The molecule has 4 heteroatoms. The summed E-state index contributed by atoms with van der Waals surface area (Å²) >= 11 is 0. The molecule has 0 radical (unpaired) electrons. The van der Waals surface area contributed by atoms with Crippen LogP contribution in [0.3, 0.4) is 0 Å². The Morgan fingerprint density at radius 1 is 1.24 bits per heavy atom. The molecule has 0 saturated carbocycles. The van der Waals surface area contributed by atoms with Gasteiger partial charge in [-0.1, -0.05) is 12.1 Å². The summed E-state index contributed by atoms with van der Waals surface area (Å²) in [7, 11) is -3.17. The molecule has 17 heavy (non-hydrogen) atoms. The van der Waals surface area contributed by atoms with Gasteiger partial charge in [0.1, 0.15) is 0 Å². The Bertz CT molecular complexity index is 495. The first kappa shape index (κ1) is 13.7. The lowest BCUT2D eigenvalue weighted by atomic mass is 10.1. The van der Waals surface area contributed by atoms with Gasteiger partial charge in [-0.3, -0.25) is 0 Å². The number of hydrogen-bond donors (Lipinski definition) is 0. The topological polar surface area (TPSA) is 57.9 Å². The van der Waals surface area contributed by atoms with E-state index in [1.807, 2.05) is 12.1 Å². The number of nitrogens with zero attached hydrogens (tertiary/aromatic N) is 1. The third-order valence-corrected chi connectivity index (χ3v) is 4.80.